The van der Waals surface area contributed by atoms with Crippen molar-refractivity contribution >= 4 is 0 Å². The van der Waals surface area contributed by atoms with E-state index in [1.165, 1.54) is 13.0 Å². The summed E-state index contributed by atoms with van der Waals surface area (Å²) in [5, 5.41) is 0. The Morgan fingerprint density at radius 2 is 1.83 bits per heavy atom. The normalized spacial score (nSPS) is 13.9. The summed E-state index contributed by atoms with van der Waals surface area (Å²) in [5.41, 5.74) is -1.04. The Morgan fingerprint density at radius 1 is 1.33 bits per heavy atom. The molecule has 0 aliphatic carbocycles. The summed E-state index contributed by atoms with van der Waals surface area (Å²) in [7, 11) is 0. The van der Waals surface area contributed by atoms with Crippen LogP contribution in [0.5, 0.6) is 0 Å². The lowest BCUT2D eigenvalue weighted by atomic mass is 10.2. The minimum Gasteiger partial charge on any atom is -0.208 e. The van der Waals surface area contributed by atoms with E-state index in [1.807, 2.05) is 0 Å². The van der Waals surface area contributed by atoms with Crippen LogP contribution in [0.25, 0.3) is 0 Å². The predicted octanol–water partition coefficient (Wildman–Crippen LogP) is 3.53. The molecule has 0 aliphatic heterocycles. The Kier molecular flexibility index (Phi) is 3.73. The maximum Gasteiger partial charge on any atom is 0.416 e. The van der Waals surface area contributed by atoms with Gasteiger partial charge < -0.3 is 0 Å². The summed E-state index contributed by atoms with van der Waals surface area (Å²) >= 11 is 0. The second-order valence-corrected chi connectivity index (χ2v) is 2.04. The molecule has 0 fully saturated rings. The van der Waals surface area contributed by atoms with E-state index >= 15 is 0 Å². The molecule has 0 amide bonds. The SMILES string of the molecule is C=C(F)/C=C(\C=CC)C(F)(F)F. The van der Waals surface area contributed by atoms with Gasteiger partial charge in [-0.2, -0.15) is 13.2 Å². The number of hydrogen-bond donors (Lipinski definition) is 0. The van der Waals surface area contributed by atoms with Crippen LogP contribution in [-0.4, -0.2) is 6.18 Å². The molecule has 0 rings (SSSR count). The summed E-state index contributed by atoms with van der Waals surface area (Å²) in [6, 6.07) is 0. The molecule has 0 spiro atoms. The number of alkyl halides is 3. The summed E-state index contributed by atoms with van der Waals surface area (Å²) in [5.74, 6) is -1.11. The van der Waals surface area contributed by atoms with Crippen LogP contribution in [0.2, 0.25) is 0 Å². The molecule has 12 heavy (non-hydrogen) atoms. The maximum atomic E-state index is 12.0. The molecule has 0 aromatic heterocycles. The highest BCUT2D eigenvalue weighted by atomic mass is 19.4. The third-order valence-corrected chi connectivity index (χ3v) is 0.986. The third-order valence-electron chi connectivity index (χ3n) is 0.986. The van der Waals surface area contributed by atoms with Gasteiger partial charge >= 0.3 is 6.18 Å². The van der Waals surface area contributed by atoms with Gasteiger partial charge in [-0.1, -0.05) is 18.7 Å². The highest BCUT2D eigenvalue weighted by Gasteiger charge is 2.31. The van der Waals surface area contributed by atoms with E-state index in [4.69, 9.17) is 0 Å². The molecule has 0 N–H and O–H groups in total. The zero-order valence-corrected chi connectivity index (χ0v) is 6.45. The van der Waals surface area contributed by atoms with Gasteiger partial charge in [0.25, 0.3) is 0 Å². The van der Waals surface area contributed by atoms with E-state index in [0.717, 1.165) is 6.08 Å². The van der Waals surface area contributed by atoms with Crippen molar-refractivity contribution in [2.24, 2.45) is 0 Å². The fourth-order valence-corrected chi connectivity index (χ4v) is 0.573. The number of allylic oxidation sites excluding steroid dienone is 5. The smallest absolute Gasteiger partial charge is 0.208 e. The molecule has 0 saturated heterocycles. The van der Waals surface area contributed by atoms with Crippen LogP contribution in [-0.2, 0) is 0 Å². The van der Waals surface area contributed by atoms with E-state index in [9.17, 15) is 17.6 Å². The molecule has 0 aromatic rings. The second kappa shape index (κ2) is 4.09. The van der Waals surface area contributed by atoms with Crippen LogP contribution in [0.4, 0.5) is 17.6 Å². The van der Waals surface area contributed by atoms with Crippen molar-refractivity contribution in [3.63, 3.8) is 0 Å². The van der Waals surface area contributed by atoms with Gasteiger partial charge in [0, 0.05) is 0 Å². The first-order valence-electron chi connectivity index (χ1n) is 3.14. The van der Waals surface area contributed by atoms with Gasteiger partial charge in [0.15, 0.2) is 0 Å². The highest BCUT2D eigenvalue weighted by molar-refractivity contribution is 5.29. The molecule has 0 nitrogen and oxygen atoms in total. The molecule has 0 unspecified atom stereocenters. The minimum atomic E-state index is -4.53. The Hall–Kier alpha value is -1.06. The lowest BCUT2D eigenvalue weighted by Gasteiger charge is -2.05. The maximum absolute atomic E-state index is 12.0. The summed E-state index contributed by atoms with van der Waals surface area (Å²) in [6.07, 6.45) is -2.21. The van der Waals surface area contributed by atoms with Gasteiger partial charge in [0.1, 0.15) is 5.83 Å². The monoisotopic (exact) mass is 180 g/mol. The van der Waals surface area contributed by atoms with Crippen molar-refractivity contribution < 1.29 is 17.6 Å². The molecular formula is C8H8F4. The zero-order valence-electron chi connectivity index (χ0n) is 6.45. The minimum absolute atomic E-state index is 0.347. The van der Waals surface area contributed by atoms with Crippen LogP contribution in [0, 0.1) is 0 Å². The van der Waals surface area contributed by atoms with Gasteiger partial charge in [0.05, 0.1) is 5.57 Å². The summed E-state index contributed by atoms with van der Waals surface area (Å²) < 4.78 is 47.8. The van der Waals surface area contributed by atoms with Crippen molar-refractivity contribution in [2.75, 3.05) is 0 Å². The lowest BCUT2D eigenvalue weighted by Crippen LogP contribution is -2.09. The van der Waals surface area contributed by atoms with Crippen LogP contribution in [0.1, 0.15) is 6.92 Å². The van der Waals surface area contributed by atoms with E-state index in [2.05, 4.69) is 6.58 Å². The first-order chi connectivity index (χ1) is 5.38. The quantitative estimate of drug-likeness (QED) is 0.450. The standard InChI is InChI=1S/C8H8F4/c1-3-4-7(5-6(2)9)8(10,11)12/h3-5H,2H2,1H3/b4-3?,7-5+. The molecule has 0 aliphatic rings. The van der Waals surface area contributed by atoms with Gasteiger partial charge in [-0.25, -0.2) is 4.39 Å². The van der Waals surface area contributed by atoms with Crippen molar-refractivity contribution in [3.8, 4) is 0 Å². The third kappa shape index (κ3) is 3.95. The average Bonchev–Trinajstić information content (AvgIpc) is 1.83. The average molecular weight is 180 g/mol. The van der Waals surface area contributed by atoms with Crippen LogP contribution in [0.15, 0.2) is 36.2 Å². The van der Waals surface area contributed by atoms with Crippen molar-refractivity contribution in [3.05, 3.63) is 36.2 Å². The van der Waals surface area contributed by atoms with E-state index in [1.54, 1.807) is 0 Å². The molecular weight excluding hydrogens is 172 g/mol. The largest absolute Gasteiger partial charge is 0.416 e. The molecule has 0 radical (unpaired) electrons. The van der Waals surface area contributed by atoms with E-state index in [-0.39, 0.29) is 0 Å². The Labute approximate surface area is 67.9 Å². The molecule has 4 heteroatoms. The van der Waals surface area contributed by atoms with Gasteiger partial charge in [-0.15, -0.1) is 0 Å². The number of hydrogen-bond acceptors (Lipinski definition) is 0. The summed E-state index contributed by atoms with van der Waals surface area (Å²) in [4.78, 5) is 0. The molecule has 68 valence electrons. The molecule has 0 aromatic carbocycles. The van der Waals surface area contributed by atoms with Gasteiger partial charge in [0.2, 0.25) is 0 Å². The van der Waals surface area contributed by atoms with Crippen LogP contribution in [0.3, 0.4) is 0 Å². The fourth-order valence-electron chi connectivity index (χ4n) is 0.573. The number of halogens is 4. The topological polar surface area (TPSA) is 0 Å². The Morgan fingerprint density at radius 3 is 2.08 bits per heavy atom. The molecule has 0 atom stereocenters. The Bertz CT molecular complexity index is 220. The van der Waals surface area contributed by atoms with Crippen LogP contribution >= 0.6 is 0 Å². The first-order valence-corrected chi connectivity index (χ1v) is 3.14. The first kappa shape index (κ1) is 10.9. The fraction of sp³-hybridized carbons (Fsp3) is 0.250. The van der Waals surface area contributed by atoms with E-state index in [0.29, 0.717) is 6.08 Å². The van der Waals surface area contributed by atoms with Crippen molar-refractivity contribution in [2.45, 2.75) is 13.1 Å². The highest BCUT2D eigenvalue weighted by Crippen LogP contribution is 2.27. The van der Waals surface area contributed by atoms with Crippen molar-refractivity contribution in [1.82, 2.24) is 0 Å². The van der Waals surface area contributed by atoms with Crippen molar-refractivity contribution in [1.29, 1.82) is 0 Å². The Balaban J connectivity index is 4.80. The molecule has 0 heterocycles. The lowest BCUT2D eigenvalue weighted by molar-refractivity contribution is -0.0883. The summed E-state index contributed by atoms with van der Waals surface area (Å²) in [6.45, 7) is 4.13. The zero-order chi connectivity index (χ0) is 9.78. The predicted molar refractivity (Wildman–Crippen MR) is 39.2 cm³/mol. The number of rotatable bonds is 2. The molecule has 0 saturated carbocycles. The second-order valence-electron chi connectivity index (χ2n) is 2.04. The van der Waals surface area contributed by atoms with Gasteiger partial charge in [-0.05, 0) is 13.0 Å². The molecule has 0 bridgehead atoms. The van der Waals surface area contributed by atoms with Crippen LogP contribution < -0.4 is 0 Å². The van der Waals surface area contributed by atoms with Gasteiger partial charge in [-0.3, -0.25) is 0 Å². The van der Waals surface area contributed by atoms with E-state index < -0.39 is 17.6 Å².